The number of rotatable bonds is 10. The van der Waals surface area contributed by atoms with Crippen LogP contribution in [0, 0.1) is 26.6 Å². The molecule has 0 atom stereocenters. The van der Waals surface area contributed by atoms with Crippen molar-refractivity contribution in [3.63, 3.8) is 0 Å². The molecule has 0 fully saturated rings. The maximum atomic E-state index is 13.0. The first-order valence-corrected chi connectivity index (χ1v) is 40.8. The minimum Gasteiger partial charge on any atom is -0.485 e. The molecule has 19 nitrogen and oxygen atoms in total. The van der Waals surface area contributed by atoms with Crippen LogP contribution in [-0.4, -0.2) is 67.7 Å². The number of aryl methyl sites for hydroxylation is 11. The topological polar surface area (TPSA) is 216 Å². The number of hydrogen-bond donors (Lipinski definition) is 2. The normalized spacial score (nSPS) is 13.9. The zero-order chi connectivity index (χ0) is 79.5. The third-order valence-electron chi connectivity index (χ3n) is 23.5. The van der Waals surface area contributed by atoms with Gasteiger partial charge in [-0.3, -0.25) is 47.8 Å². The van der Waals surface area contributed by atoms with Gasteiger partial charge >= 0.3 is 0 Å². The van der Waals surface area contributed by atoms with Crippen LogP contribution in [0.2, 0.25) is 0 Å². The van der Waals surface area contributed by atoms with Crippen molar-refractivity contribution < 1.29 is 9.13 Å². The van der Waals surface area contributed by atoms with Crippen molar-refractivity contribution in [2.75, 3.05) is 0 Å². The Balaban J connectivity index is 0.000000111. The molecule has 584 valence electrons. The van der Waals surface area contributed by atoms with Crippen molar-refractivity contribution >= 4 is 43.6 Å². The number of fused-ring (bicyclic) bond motifs is 12. The summed E-state index contributed by atoms with van der Waals surface area (Å²) in [4.78, 5) is 71.0. The van der Waals surface area contributed by atoms with Crippen LogP contribution in [0.15, 0.2) is 226 Å². The van der Waals surface area contributed by atoms with E-state index in [4.69, 9.17) is 4.74 Å². The van der Waals surface area contributed by atoms with Crippen LogP contribution in [0.1, 0.15) is 145 Å². The van der Waals surface area contributed by atoms with E-state index in [9.17, 15) is 23.6 Å². The summed E-state index contributed by atoms with van der Waals surface area (Å²) >= 11 is 0. The molecule has 16 aromatic rings. The van der Waals surface area contributed by atoms with Gasteiger partial charge in [-0.15, -0.1) is 0 Å². The number of benzene rings is 4. The third kappa shape index (κ3) is 15.9. The molecule has 20 rings (SSSR count). The highest BCUT2D eigenvalue weighted by Crippen LogP contribution is 2.36. The number of halogens is 1. The lowest BCUT2D eigenvalue weighted by Gasteiger charge is -2.09. The van der Waals surface area contributed by atoms with Gasteiger partial charge in [-0.1, -0.05) is 62.1 Å². The van der Waals surface area contributed by atoms with Gasteiger partial charge in [-0.05, 0) is 260 Å². The Morgan fingerprint density at radius 2 is 0.888 bits per heavy atom. The van der Waals surface area contributed by atoms with Gasteiger partial charge in [0.05, 0.1) is 69.0 Å². The minimum atomic E-state index is -0.403. The number of pyridine rings is 6. The number of hydrogen-bond acceptors (Lipinski definition) is 11. The standard InChI is InChI=1S/C25H25N3O.C24H23FN4O2.C24H23N3O.C23H22N4O/c1-17-8-9-19(16-26-17)18-12-13-28(25(29)14-18)20-10-11-22-21-6-4-3-5-7-23(21)27(2)24(22)15-20;1-28-22-6-4-2-3-5-20(22)21-10-9-18(11-23(21)28)29-24(30)12-19(14-27-29)31-15-17-8-7-16(25)13-26-17;1-16-7-10-21(25-15-16)17-11-12-27(24(28)13-17)18-8-9-20-19-5-3-2-4-6-22(19)26-23(20)14-18;1-15-7-10-20(26-25-15)16-11-12-27(23(28)13-16)17-8-9-19-18-5-3-2-4-6-21(18)24-22(19)14-17/h8-16H,3-7H2,1-2H3;7-14H,2-6,15H2,1H3;7-15,26H,2-6H2,1H3;7-14,24H,2-6H2,1H3. The number of nitrogens with zero attached hydrogens (tertiary/aromatic N) is 12. The van der Waals surface area contributed by atoms with Gasteiger partial charge in [0, 0.05) is 147 Å². The summed E-state index contributed by atoms with van der Waals surface area (Å²) in [5.74, 6) is -0.0568. The predicted molar refractivity (Wildman–Crippen MR) is 458 cm³/mol. The Bertz CT molecular complexity index is 6400. The van der Waals surface area contributed by atoms with E-state index >= 15 is 0 Å². The van der Waals surface area contributed by atoms with Crippen LogP contribution in [0.5, 0.6) is 5.75 Å². The van der Waals surface area contributed by atoms with Gasteiger partial charge in [-0.25, -0.2) is 4.39 Å². The molecule has 4 aliphatic rings. The first-order chi connectivity index (χ1) is 56.6. The molecule has 12 heterocycles. The fourth-order valence-corrected chi connectivity index (χ4v) is 17.3. The summed E-state index contributed by atoms with van der Waals surface area (Å²) in [5, 5.41) is 17.7. The van der Waals surface area contributed by atoms with Crippen molar-refractivity contribution in [2.24, 2.45) is 14.1 Å². The second-order valence-electron chi connectivity index (χ2n) is 31.3. The van der Waals surface area contributed by atoms with Gasteiger partial charge in [0.25, 0.3) is 22.2 Å². The van der Waals surface area contributed by atoms with Gasteiger partial charge in [0.1, 0.15) is 18.2 Å². The van der Waals surface area contributed by atoms with E-state index in [0.29, 0.717) is 17.1 Å². The van der Waals surface area contributed by atoms with E-state index in [1.54, 1.807) is 38.0 Å². The van der Waals surface area contributed by atoms with E-state index in [2.05, 4.69) is 112 Å². The molecular weight excluding hydrogens is 1450 g/mol. The molecule has 0 saturated carbocycles. The second-order valence-corrected chi connectivity index (χ2v) is 31.3. The van der Waals surface area contributed by atoms with Gasteiger partial charge in [0.2, 0.25) is 0 Å². The first-order valence-electron chi connectivity index (χ1n) is 40.8. The van der Waals surface area contributed by atoms with Crippen LogP contribution >= 0.6 is 0 Å². The average molecular weight is 1540 g/mol. The molecule has 20 heteroatoms. The Morgan fingerprint density at radius 3 is 1.41 bits per heavy atom. The Hall–Kier alpha value is -13.0. The second kappa shape index (κ2) is 33.2. The molecule has 4 aromatic carbocycles. The summed E-state index contributed by atoms with van der Waals surface area (Å²) in [7, 11) is 4.26. The number of aromatic amines is 2. The van der Waals surface area contributed by atoms with Crippen LogP contribution in [0.3, 0.4) is 0 Å². The van der Waals surface area contributed by atoms with Gasteiger partial charge in [-0.2, -0.15) is 20.0 Å². The van der Waals surface area contributed by atoms with Crippen molar-refractivity contribution in [3.05, 3.63) is 322 Å². The van der Waals surface area contributed by atoms with E-state index in [1.807, 2.05) is 131 Å². The first kappa shape index (κ1) is 75.7. The summed E-state index contributed by atoms with van der Waals surface area (Å²) in [6, 6.07) is 51.9. The maximum Gasteiger partial charge on any atom is 0.275 e. The Kier molecular flexibility index (Phi) is 21.7. The smallest absolute Gasteiger partial charge is 0.275 e. The molecule has 2 N–H and O–H groups in total. The zero-order valence-electron chi connectivity index (χ0n) is 66.3. The van der Waals surface area contributed by atoms with Crippen molar-refractivity contribution in [1.29, 1.82) is 0 Å². The fraction of sp³-hybridized carbons (Fsp3) is 0.271. The molecule has 0 amide bonds. The summed E-state index contributed by atoms with van der Waals surface area (Å²) in [6.45, 7) is 5.99. The van der Waals surface area contributed by atoms with Crippen molar-refractivity contribution in [3.8, 4) is 62.1 Å². The lowest BCUT2D eigenvalue weighted by atomic mass is 10.1. The van der Waals surface area contributed by atoms with E-state index in [1.165, 1.54) is 172 Å². The predicted octanol–water partition coefficient (Wildman–Crippen LogP) is 18.4. The number of aromatic nitrogens is 14. The lowest BCUT2D eigenvalue weighted by Crippen LogP contribution is -2.20. The minimum absolute atomic E-state index is 0.0294. The Labute approximate surface area is 670 Å². The van der Waals surface area contributed by atoms with Crippen LogP contribution in [0.4, 0.5) is 4.39 Å². The maximum absolute atomic E-state index is 13.0. The van der Waals surface area contributed by atoms with E-state index < -0.39 is 5.82 Å². The lowest BCUT2D eigenvalue weighted by molar-refractivity contribution is 0.298. The molecule has 12 aromatic heterocycles. The van der Waals surface area contributed by atoms with Crippen LogP contribution in [0.25, 0.3) is 100 Å². The molecule has 116 heavy (non-hydrogen) atoms. The highest BCUT2D eigenvalue weighted by Gasteiger charge is 2.23. The largest absolute Gasteiger partial charge is 0.485 e. The average Bonchev–Trinajstić information content (AvgIpc) is 1.62. The molecule has 0 unspecified atom stereocenters. The molecule has 4 aliphatic carbocycles. The quantitative estimate of drug-likeness (QED) is 0.123. The molecule has 0 bridgehead atoms. The highest BCUT2D eigenvalue weighted by molar-refractivity contribution is 5.90. The monoisotopic (exact) mass is 1540 g/mol. The van der Waals surface area contributed by atoms with Crippen LogP contribution < -0.4 is 27.0 Å². The molecule has 0 aliphatic heterocycles. The van der Waals surface area contributed by atoms with Crippen molar-refractivity contribution in [2.45, 2.75) is 156 Å². The summed E-state index contributed by atoms with van der Waals surface area (Å²) in [5.41, 5.74) is 27.5. The SMILES string of the molecule is Cc1ccc(-c2ccn(-c3ccc4c5c([nH]c4c3)CCCCC5)c(=O)c2)nc1.Cc1ccc(-c2ccn(-c3ccc4c5c([nH]c4c3)CCCCC5)c(=O)c2)nn1.Cc1ccc(-c2ccn(-c3ccc4c5c(n(C)c4c3)CCCCC5)c(=O)c2)cn1.Cn1c2c(c3ccc(-n4ncc(OCc5ccc(F)cn5)cc4=O)cc31)CCCCC2. The zero-order valence-corrected chi connectivity index (χ0v) is 66.3. The van der Waals surface area contributed by atoms with E-state index in [0.717, 1.165) is 142 Å². The van der Waals surface area contributed by atoms with Crippen molar-refractivity contribution in [1.82, 2.24) is 67.7 Å². The number of ether oxygens (including phenoxy) is 1. The molecular formula is C96H93FN14O5. The van der Waals surface area contributed by atoms with Gasteiger partial charge in [0.15, 0.2) is 0 Å². The number of H-pyrrole nitrogens is 2. The summed E-state index contributed by atoms with van der Waals surface area (Å²) in [6.07, 6.45) is 36.0. The summed E-state index contributed by atoms with van der Waals surface area (Å²) < 4.78 is 29.6. The van der Waals surface area contributed by atoms with E-state index in [-0.39, 0.29) is 28.8 Å². The van der Waals surface area contributed by atoms with Gasteiger partial charge < -0.3 is 23.8 Å². The highest BCUT2D eigenvalue weighted by atomic mass is 19.1. The third-order valence-corrected chi connectivity index (χ3v) is 23.5. The Morgan fingerprint density at radius 1 is 0.388 bits per heavy atom. The fourth-order valence-electron chi connectivity index (χ4n) is 17.3. The molecule has 0 spiro atoms. The number of nitrogens with one attached hydrogen (secondary N) is 2. The van der Waals surface area contributed by atoms with Crippen LogP contribution in [-0.2, 0) is 72.1 Å². The molecule has 0 radical (unpaired) electrons. The molecule has 0 saturated heterocycles.